The highest BCUT2D eigenvalue weighted by molar-refractivity contribution is 14.0. The Balaban J connectivity index is 0.00000300. The van der Waals surface area contributed by atoms with Gasteiger partial charge in [0.2, 0.25) is 0 Å². The van der Waals surface area contributed by atoms with E-state index in [9.17, 15) is 0 Å². The van der Waals surface area contributed by atoms with Crippen LogP contribution in [0.3, 0.4) is 0 Å². The summed E-state index contributed by atoms with van der Waals surface area (Å²) >= 11 is 1.69. The van der Waals surface area contributed by atoms with Crippen LogP contribution in [0, 0.1) is 13.8 Å². The molecule has 0 aliphatic carbocycles. The lowest BCUT2D eigenvalue weighted by Gasteiger charge is -2.11. The molecule has 0 aliphatic heterocycles. The molecule has 1 aromatic carbocycles. The van der Waals surface area contributed by atoms with Crippen molar-refractivity contribution in [1.29, 1.82) is 0 Å². The van der Waals surface area contributed by atoms with Crippen molar-refractivity contribution in [3.8, 4) is 5.69 Å². The Labute approximate surface area is 193 Å². The number of aliphatic imine (C=N–C) groups is 1. The normalized spacial score (nSPS) is 11.2. The minimum Gasteiger partial charge on any atom is -0.356 e. The topological polar surface area (TPSA) is 67.1 Å². The van der Waals surface area contributed by atoms with E-state index in [4.69, 9.17) is 0 Å². The average molecular weight is 524 g/mol. The summed E-state index contributed by atoms with van der Waals surface area (Å²) in [5.41, 5.74) is 4.60. The van der Waals surface area contributed by atoms with Crippen LogP contribution in [0.4, 0.5) is 0 Å². The highest BCUT2D eigenvalue weighted by Crippen LogP contribution is 2.13. The van der Waals surface area contributed by atoms with Crippen LogP contribution in [-0.4, -0.2) is 40.9 Å². The number of aromatic nitrogens is 3. The smallest absolute Gasteiger partial charge is 0.190 e. The Bertz CT molecular complexity index is 903. The lowest BCUT2D eigenvalue weighted by Crippen LogP contribution is -2.38. The summed E-state index contributed by atoms with van der Waals surface area (Å²) < 4.78 is 1.96. The minimum atomic E-state index is 0. The summed E-state index contributed by atoms with van der Waals surface area (Å²) in [7, 11) is 1.80. The molecule has 0 bridgehead atoms. The zero-order valence-electron chi connectivity index (χ0n) is 17.2. The number of hydrogen-bond donors (Lipinski definition) is 2. The van der Waals surface area contributed by atoms with Crippen LogP contribution in [0.25, 0.3) is 5.69 Å². The Kier molecular flexibility index (Phi) is 9.59. The average Bonchev–Trinajstić information content (AvgIpc) is 3.29. The molecule has 156 valence electrons. The predicted octanol–water partition coefficient (Wildman–Crippen LogP) is 3.90. The van der Waals surface area contributed by atoms with Crippen LogP contribution in [0.1, 0.15) is 28.4 Å². The molecule has 29 heavy (non-hydrogen) atoms. The van der Waals surface area contributed by atoms with Crippen molar-refractivity contribution in [2.45, 2.75) is 33.1 Å². The molecule has 2 aromatic heterocycles. The second-order valence-electron chi connectivity index (χ2n) is 6.66. The van der Waals surface area contributed by atoms with Crippen molar-refractivity contribution < 1.29 is 0 Å². The SMILES string of the molecule is CN=C(NCCCc1cn(-c2ccccc2)nc1C)NCCc1csc(C)n1.I. The van der Waals surface area contributed by atoms with Crippen molar-refractivity contribution in [2.75, 3.05) is 20.1 Å². The summed E-state index contributed by atoms with van der Waals surface area (Å²) in [5.74, 6) is 0.837. The third-order valence-electron chi connectivity index (χ3n) is 4.50. The lowest BCUT2D eigenvalue weighted by molar-refractivity contribution is 0.735. The summed E-state index contributed by atoms with van der Waals surface area (Å²) in [4.78, 5) is 8.78. The number of thiazole rings is 1. The second-order valence-corrected chi connectivity index (χ2v) is 7.72. The number of halogens is 1. The Morgan fingerprint density at radius 1 is 1.10 bits per heavy atom. The predicted molar refractivity (Wildman–Crippen MR) is 132 cm³/mol. The summed E-state index contributed by atoms with van der Waals surface area (Å²) in [6, 6.07) is 10.2. The van der Waals surface area contributed by atoms with Gasteiger partial charge >= 0.3 is 0 Å². The molecule has 0 radical (unpaired) electrons. The van der Waals surface area contributed by atoms with Gasteiger partial charge in [0, 0.05) is 38.1 Å². The van der Waals surface area contributed by atoms with E-state index in [-0.39, 0.29) is 24.0 Å². The molecule has 2 heterocycles. The Morgan fingerprint density at radius 3 is 2.55 bits per heavy atom. The maximum absolute atomic E-state index is 4.64. The molecule has 8 heteroatoms. The van der Waals surface area contributed by atoms with E-state index in [1.54, 1.807) is 18.4 Å². The van der Waals surface area contributed by atoms with Gasteiger partial charge in [-0.3, -0.25) is 4.99 Å². The molecular weight excluding hydrogens is 495 g/mol. The first-order chi connectivity index (χ1) is 13.7. The molecule has 2 N–H and O–H groups in total. The number of nitrogens with one attached hydrogen (secondary N) is 2. The van der Waals surface area contributed by atoms with Crippen LogP contribution >= 0.6 is 35.3 Å². The quantitative estimate of drug-likeness (QED) is 0.203. The van der Waals surface area contributed by atoms with Crippen molar-refractivity contribution in [1.82, 2.24) is 25.4 Å². The van der Waals surface area contributed by atoms with Gasteiger partial charge in [0.15, 0.2) is 5.96 Å². The van der Waals surface area contributed by atoms with E-state index < -0.39 is 0 Å². The molecule has 0 amide bonds. The molecule has 0 spiro atoms. The van der Waals surface area contributed by atoms with Crippen molar-refractivity contribution in [3.63, 3.8) is 0 Å². The first-order valence-electron chi connectivity index (χ1n) is 9.62. The third-order valence-corrected chi connectivity index (χ3v) is 5.32. The van der Waals surface area contributed by atoms with Crippen LogP contribution in [-0.2, 0) is 12.8 Å². The van der Waals surface area contributed by atoms with Gasteiger partial charge in [0.25, 0.3) is 0 Å². The summed E-state index contributed by atoms with van der Waals surface area (Å²) in [6.45, 7) is 5.80. The Hall–Kier alpha value is -1.94. The molecule has 0 atom stereocenters. The number of para-hydroxylation sites is 1. The summed E-state index contributed by atoms with van der Waals surface area (Å²) in [5, 5.41) is 14.6. The number of nitrogens with zero attached hydrogens (tertiary/aromatic N) is 4. The molecule has 0 fully saturated rings. The fraction of sp³-hybridized carbons (Fsp3) is 0.381. The van der Waals surface area contributed by atoms with E-state index >= 15 is 0 Å². The monoisotopic (exact) mass is 524 g/mol. The van der Waals surface area contributed by atoms with Crippen molar-refractivity contribution in [3.05, 3.63) is 63.9 Å². The van der Waals surface area contributed by atoms with E-state index in [1.165, 1.54) is 5.56 Å². The number of hydrogen-bond acceptors (Lipinski definition) is 4. The fourth-order valence-corrected chi connectivity index (χ4v) is 3.64. The minimum absolute atomic E-state index is 0. The van der Waals surface area contributed by atoms with E-state index in [0.29, 0.717) is 0 Å². The van der Waals surface area contributed by atoms with Crippen molar-refractivity contribution >= 4 is 41.3 Å². The van der Waals surface area contributed by atoms with Gasteiger partial charge in [-0.05, 0) is 44.4 Å². The molecule has 3 aromatic rings. The summed E-state index contributed by atoms with van der Waals surface area (Å²) in [6.07, 6.45) is 5.05. The van der Waals surface area contributed by atoms with Gasteiger partial charge in [-0.15, -0.1) is 35.3 Å². The zero-order valence-corrected chi connectivity index (χ0v) is 20.3. The first-order valence-corrected chi connectivity index (χ1v) is 10.5. The number of aryl methyl sites for hydroxylation is 3. The molecule has 0 aliphatic rings. The van der Waals surface area contributed by atoms with Gasteiger partial charge in [-0.1, -0.05) is 18.2 Å². The van der Waals surface area contributed by atoms with Gasteiger partial charge in [-0.25, -0.2) is 9.67 Å². The van der Waals surface area contributed by atoms with E-state index in [2.05, 4.69) is 56.3 Å². The highest BCUT2D eigenvalue weighted by Gasteiger charge is 2.06. The van der Waals surface area contributed by atoms with Gasteiger partial charge in [0.05, 0.1) is 22.1 Å². The maximum atomic E-state index is 4.64. The van der Waals surface area contributed by atoms with Gasteiger partial charge in [0.1, 0.15) is 0 Å². The standard InChI is InChI=1S/C21H28N6S.HI/c1-16-18(14-27(26-16)20-9-5-4-6-10-20)8-7-12-23-21(22-3)24-13-11-19-15-28-17(2)25-19;/h4-6,9-10,14-15H,7-8,11-13H2,1-3H3,(H2,22,23,24);1H. The van der Waals surface area contributed by atoms with Crippen LogP contribution in [0.2, 0.25) is 0 Å². The van der Waals surface area contributed by atoms with Crippen LogP contribution in [0.5, 0.6) is 0 Å². The molecule has 3 rings (SSSR count). The van der Waals surface area contributed by atoms with Crippen LogP contribution in [0.15, 0.2) is 46.9 Å². The lowest BCUT2D eigenvalue weighted by atomic mass is 10.1. The molecule has 0 unspecified atom stereocenters. The Morgan fingerprint density at radius 2 is 1.86 bits per heavy atom. The molecule has 0 saturated carbocycles. The number of benzene rings is 1. The van der Waals surface area contributed by atoms with Gasteiger partial charge in [-0.2, -0.15) is 5.10 Å². The number of rotatable bonds is 8. The molecule has 6 nitrogen and oxygen atoms in total. The third kappa shape index (κ3) is 7.11. The highest BCUT2D eigenvalue weighted by atomic mass is 127. The number of guanidine groups is 1. The largest absolute Gasteiger partial charge is 0.356 e. The zero-order chi connectivity index (χ0) is 19.8. The van der Waals surface area contributed by atoms with Crippen molar-refractivity contribution in [2.24, 2.45) is 4.99 Å². The van der Waals surface area contributed by atoms with E-state index in [1.807, 2.05) is 29.8 Å². The maximum Gasteiger partial charge on any atom is 0.190 e. The van der Waals surface area contributed by atoms with Crippen LogP contribution < -0.4 is 10.6 Å². The van der Waals surface area contributed by atoms with Gasteiger partial charge < -0.3 is 10.6 Å². The molecule has 0 saturated heterocycles. The molecular formula is C21H29IN6S. The first kappa shape index (κ1) is 23.3. The fourth-order valence-electron chi connectivity index (χ4n) is 2.99. The second kappa shape index (κ2) is 11.9. The van der Waals surface area contributed by atoms with E-state index in [0.717, 1.165) is 60.4 Å².